The molecule has 1 radical (unpaired) electrons. The molecule has 2 heteroatoms. The largest absolute Gasteiger partial charge is 0.378 e. The summed E-state index contributed by atoms with van der Waals surface area (Å²) in [5.41, 5.74) is 0. The lowest BCUT2D eigenvalue weighted by Crippen LogP contribution is -2.04. The Kier molecular flexibility index (Phi) is 2.70. The molecule has 1 atom stereocenters. The van der Waals surface area contributed by atoms with Crippen LogP contribution in [-0.4, -0.2) is 18.5 Å². The first-order chi connectivity index (χ1) is 3.93. The second-order valence-electron chi connectivity index (χ2n) is 2.13. The van der Waals surface area contributed by atoms with Gasteiger partial charge in [-0.2, -0.15) is 0 Å². The highest BCUT2D eigenvalue weighted by Crippen LogP contribution is 2.14. The molecule has 0 aromatic carbocycles. The van der Waals surface area contributed by atoms with Crippen molar-refractivity contribution in [2.45, 2.75) is 25.4 Å². The quantitative estimate of drug-likeness (QED) is 0.555. The number of hydrogen-bond acceptors (Lipinski definition) is 1. The summed E-state index contributed by atoms with van der Waals surface area (Å²) in [5.74, 6) is 0.852. The number of rotatable bonds is 2. The predicted octanol–water partition coefficient (Wildman–Crippen LogP) is 1.75. The Morgan fingerprint density at radius 1 is 1.62 bits per heavy atom. The number of ether oxygens (including phenoxy) is 1. The van der Waals surface area contributed by atoms with E-state index in [4.69, 9.17) is 17.4 Å². The molecule has 0 amide bonds. The zero-order chi connectivity index (χ0) is 5.82. The molecule has 1 aliphatic heterocycles. The first-order valence-corrected chi connectivity index (χ1v) is 3.71. The highest BCUT2D eigenvalue weighted by molar-refractivity contribution is 7.80. The van der Waals surface area contributed by atoms with Crippen molar-refractivity contribution in [3.8, 4) is 0 Å². The van der Waals surface area contributed by atoms with Crippen LogP contribution >= 0.6 is 12.6 Å². The van der Waals surface area contributed by atoms with E-state index < -0.39 is 0 Å². The Hall–Kier alpha value is 0.310. The van der Waals surface area contributed by atoms with E-state index in [1.165, 1.54) is 12.8 Å². The molecule has 8 heavy (non-hydrogen) atoms. The van der Waals surface area contributed by atoms with Crippen LogP contribution in [0.1, 0.15) is 19.3 Å². The third-order valence-electron chi connectivity index (χ3n) is 1.46. The van der Waals surface area contributed by atoms with Crippen molar-refractivity contribution in [1.82, 2.24) is 0 Å². The molecule has 1 rings (SSSR count). The highest BCUT2D eigenvalue weighted by atomic mass is 32.1. The van der Waals surface area contributed by atoms with Crippen molar-refractivity contribution in [2.24, 2.45) is 0 Å². The molecular formula is C6H11OS. The van der Waals surface area contributed by atoms with Crippen molar-refractivity contribution in [3.05, 3.63) is 0 Å². The van der Waals surface area contributed by atoms with Crippen LogP contribution in [0.5, 0.6) is 0 Å². The molecule has 0 N–H and O–H groups in total. The van der Waals surface area contributed by atoms with Crippen LogP contribution in [0.4, 0.5) is 0 Å². The summed E-state index contributed by atoms with van der Waals surface area (Å²) in [6.45, 7) is 0.958. The maximum atomic E-state index is 5.33. The SMILES string of the molecule is [S]CCC1CCCO1. The first kappa shape index (κ1) is 6.43. The second-order valence-corrected chi connectivity index (χ2v) is 2.54. The molecule has 0 aliphatic carbocycles. The van der Waals surface area contributed by atoms with E-state index in [2.05, 4.69) is 0 Å². The molecule has 1 aliphatic rings. The summed E-state index contributed by atoms with van der Waals surface area (Å²) in [6.07, 6.45) is 4.05. The van der Waals surface area contributed by atoms with E-state index in [-0.39, 0.29) is 0 Å². The summed E-state index contributed by atoms with van der Waals surface area (Å²) in [6, 6.07) is 0. The van der Waals surface area contributed by atoms with Crippen LogP contribution in [0.2, 0.25) is 0 Å². The van der Waals surface area contributed by atoms with Crippen LogP contribution in [0.3, 0.4) is 0 Å². The fourth-order valence-corrected chi connectivity index (χ4v) is 1.27. The minimum absolute atomic E-state index is 0.507. The van der Waals surface area contributed by atoms with Crippen molar-refractivity contribution in [2.75, 3.05) is 12.4 Å². The van der Waals surface area contributed by atoms with E-state index in [1.807, 2.05) is 0 Å². The van der Waals surface area contributed by atoms with Gasteiger partial charge in [-0.05, 0) is 19.3 Å². The van der Waals surface area contributed by atoms with Gasteiger partial charge in [0.2, 0.25) is 0 Å². The third kappa shape index (κ3) is 1.67. The average molecular weight is 131 g/mol. The molecule has 47 valence electrons. The Bertz CT molecular complexity index is 59.5. The Morgan fingerprint density at radius 3 is 3.00 bits per heavy atom. The van der Waals surface area contributed by atoms with Gasteiger partial charge < -0.3 is 4.74 Å². The van der Waals surface area contributed by atoms with Crippen molar-refractivity contribution in [1.29, 1.82) is 0 Å². The zero-order valence-corrected chi connectivity index (χ0v) is 5.75. The van der Waals surface area contributed by atoms with Crippen molar-refractivity contribution < 1.29 is 4.74 Å². The summed E-state index contributed by atoms with van der Waals surface area (Å²) in [4.78, 5) is 0. The fourth-order valence-electron chi connectivity index (χ4n) is 1.00. The maximum absolute atomic E-state index is 5.33. The van der Waals surface area contributed by atoms with Crippen molar-refractivity contribution in [3.63, 3.8) is 0 Å². The van der Waals surface area contributed by atoms with E-state index in [9.17, 15) is 0 Å². The van der Waals surface area contributed by atoms with Gasteiger partial charge >= 0.3 is 0 Å². The van der Waals surface area contributed by atoms with Gasteiger partial charge in [0.1, 0.15) is 0 Å². The fraction of sp³-hybridized carbons (Fsp3) is 1.00. The summed E-state index contributed by atoms with van der Waals surface area (Å²) in [5, 5.41) is 0. The molecule has 0 saturated carbocycles. The van der Waals surface area contributed by atoms with Gasteiger partial charge in [0.25, 0.3) is 0 Å². The molecule has 0 aromatic heterocycles. The van der Waals surface area contributed by atoms with E-state index in [1.54, 1.807) is 0 Å². The molecular weight excluding hydrogens is 120 g/mol. The highest BCUT2D eigenvalue weighted by Gasteiger charge is 2.13. The van der Waals surface area contributed by atoms with Crippen LogP contribution in [0.15, 0.2) is 0 Å². The smallest absolute Gasteiger partial charge is 0.0584 e. The topological polar surface area (TPSA) is 9.23 Å². The number of hydrogen-bond donors (Lipinski definition) is 0. The average Bonchev–Trinajstić information content (AvgIpc) is 2.19. The van der Waals surface area contributed by atoms with Crippen molar-refractivity contribution >= 4 is 12.6 Å². The molecule has 1 heterocycles. The standard InChI is InChI=1S/C6H11OS/c8-5-3-6-2-1-4-7-6/h6H,1-5H2. The van der Waals surface area contributed by atoms with Gasteiger partial charge in [0.05, 0.1) is 6.10 Å². The molecule has 1 fully saturated rings. The summed E-state index contributed by atoms with van der Waals surface area (Å²) in [7, 11) is 0. The lowest BCUT2D eigenvalue weighted by atomic mass is 10.2. The summed E-state index contributed by atoms with van der Waals surface area (Å²) < 4.78 is 5.33. The molecule has 1 unspecified atom stereocenters. The lowest BCUT2D eigenvalue weighted by molar-refractivity contribution is 0.109. The van der Waals surface area contributed by atoms with E-state index in [0.29, 0.717) is 6.10 Å². The Balaban J connectivity index is 2.06. The minimum atomic E-state index is 0.507. The zero-order valence-electron chi connectivity index (χ0n) is 4.93. The van der Waals surface area contributed by atoms with Gasteiger partial charge in [0, 0.05) is 12.4 Å². The Morgan fingerprint density at radius 2 is 2.50 bits per heavy atom. The minimum Gasteiger partial charge on any atom is -0.378 e. The third-order valence-corrected chi connectivity index (χ3v) is 1.70. The summed E-state index contributed by atoms with van der Waals surface area (Å²) >= 11 is 4.81. The van der Waals surface area contributed by atoms with Crippen LogP contribution in [-0.2, 0) is 4.74 Å². The maximum Gasteiger partial charge on any atom is 0.0584 e. The monoisotopic (exact) mass is 131 g/mol. The van der Waals surface area contributed by atoms with Crippen LogP contribution in [0.25, 0.3) is 0 Å². The van der Waals surface area contributed by atoms with Crippen LogP contribution in [0, 0.1) is 0 Å². The van der Waals surface area contributed by atoms with Gasteiger partial charge in [-0.15, -0.1) is 0 Å². The Labute approximate surface area is 55.8 Å². The molecule has 0 aromatic rings. The molecule has 1 nitrogen and oxygen atoms in total. The molecule has 0 spiro atoms. The molecule has 1 saturated heterocycles. The second kappa shape index (κ2) is 3.36. The van der Waals surface area contributed by atoms with Gasteiger partial charge in [-0.3, -0.25) is 0 Å². The normalized spacial score (nSPS) is 28.9. The van der Waals surface area contributed by atoms with Gasteiger partial charge in [0.15, 0.2) is 0 Å². The predicted molar refractivity (Wildman–Crippen MR) is 36.0 cm³/mol. The van der Waals surface area contributed by atoms with Gasteiger partial charge in [-0.1, -0.05) is 12.6 Å². The van der Waals surface area contributed by atoms with Gasteiger partial charge in [-0.25, -0.2) is 0 Å². The lowest BCUT2D eigenvalue weighted by Gasteiger charge is -2.03. The van der Waals surface area contributed by atoms with E-state index >= 15 is 0 Å². The van der Waals surface area contributed by atoms with E-state index in [0.717, 1.165) is 18.8 Å². The van der Waals surface area contributed by atoms with Crippen LogP contribution < -0.4 is 0 Å². The first-order valence-electron chi connectivity index (χ1n) is 3.13. The molecule has 0 bridgehead atoms.